The number of benzene rings is 2. The molecule has 0 saturated carbocycles. The minimum absolute atomic E-state index is 0.0979. The molecule has 0 spiro atoms. The molecule has 0 amide bonds. The van der Waals surface area contributed by atoms with Crippen molar-refractivity contribution in [2.75, 3.05) is 0 Å². The van der Waals surface area contributed by atoms with Gasteiger partial charge in [-0.05, 0) is 38.8 Å². The highest BCUT2D eigenvalue weighted by molar-refractivity contribution is 5.37. The number of nitrogens with zero attached hydrogens (tertiary/aromatic N) is 1. The molecule has 144 valence electrons. The predicted molar refractivity (Wildman–Crippen MR) is 106 cm³/mol. The summed E-state index contributed by atoms with van der Waals surface area (Å²) in [6.45, 7) is 9.12. The molecule has 0 aliphatic carbocycles. The minimum Gasteiger partial charge on any atom is -0.464 e. The van der Waals surface area contributed by atoms with Crippen LogP contribution in [0.4, 0.5) is 0 Å². The largest absolute Gasteiger partial charge is 0.464 e. The molecule has 4 heteroatoms. The Labute approximate surface area is 162 Å². The van der Waals surface area contributed by atoms with Crippen molar-refractivity contribution in [1.82, 2.24) is 5.06 Å². The average Bonchev–Trinajstić information content (AvgIpc) is 2.62. The summed E-state index contributed by atoms with van der Waals surface area (Å²) in [4.78, 5) is 17.6. The van der Waals surface area contributed by atoms with Gasteiger partial charge in [-0.15, -0.1) is 0 Å². The number of carbonyl (C=O) groups excluding carboxylic acids is 1. The van der Waals surface area contributed by atoms with E-state index in [0.717, 1.165) is 24.0 Å². The van der Waals surface area contributed by atoms with Crippen molar-refractivity contribution in [1.29, 1.82) is 0 Å². The molecule has 1 aliphatic rings. The number of piperidine rings is 1. The zero-order chi connectivity index (χ0) is 19.5. The third-order valence-corrected chi connectivity index (χ3v) is 5.22. The highest BCUT2D eigenvalue weighted by Gasteiger charge is 2.48. The lowest BCUT2D eigenvalue weighted by Crippen LogP contribution is -2.62. The molecule has 0 radical (unpaired) electrons. The van der Waals surface area contributed by atoms with Crippen molar-refractivity contribution in [2.24, 2.45) is 0 Å². The van der Waals surface area contributed by atoms with E-state index in [4.69, 9.17) is 9.57 Å². The van der Waals surface area contributed by atoms with Crippen LogP contribution in [0.5, 0.6) is 0 Å². The van der Waals surface area contributed by atoms with Crippen LogP contribution in [0, 0.1) is 0 Å². The van der Waals surface area contributed by atoms with Gasteiger partial charge in [0.1, 0.15) is 12.2 Å². The van der Waals surface area contributed by atoms with Crippen LogP contribution in [-0.2, 0) is 14.4 Å². The molecule has 2 aromatic carbocycles. The summed E-state index contributed by atoms with van der Waals surface area (Å²) in [5, 5.41) is 2.11. The van der Waals surface area contributed by atoms with Crippen molar-refractivity contribution in [2.45, 2.75) is 63.8 Å². The molecule has 0 atom stereocenters. The normalized spacial score (nSPS) is 19.7. The van der Waals surface area contributed by atoms with Gasteiger partial charge in [0, 0.05) is 23.9 Å². The summed E-state index contributed by atoms with van der Waals surface area (Å²) in [7, 11) is 0. The first kappa shape index (κ1) is 19.6. The first-order chi connectivity index (χ1) is 12.8. The van der Waals surface area contributed by atoms with Crippen LogP contribution >= 0.6 is 0 Å². The Morgan fingerprint density at radius 2 is 1.33 bits per heavy atom. The third-order valence-electron chi connectivity index (χ3n) is 5.22. The fourth-order valence-corrected chi connectivity index (χ4v) is 4.31. The van der Waals surface area contributed by atoms with Gasteiger partial charge in [-0.1, -0.05) is 60.7 Å². The van der Waals surface area contributed by atoms with Gasteiger partial charge in [-0.25, -0.2) is 0 Å². The van der Waals surface area contributed by atoms with Crippen LogP contribution in [0.2, 0.25) is 0 Å². The maximum Gasteiger partial charge on any atom is 0.293 e. The summed E-state index contributed by atoms with van der Waals surface area (Å²) in [6, 6.07) is 20.6. The second kappa shape index (κ2) is 7.83. The zero-order valence-electron chi connectivity index (χ0n) is 16.6. The first-order valence-corrected chi connectivity index (χ1v) is 9.49. The Hall–Kier alpha value is -2.17. The van der Waals surface area contributed by atoms with E-state index >= 15 is 0 Å². The van der Waals surface area contributed by atoms with E-state index < -0.39 is 0 Å². The number of hydrogen-bond donors (Lipinski definition) is 0. The Bertz CT molecular complexity index is 685. The second-order valence-electron chi connectivity index (χ2n) is 8.49. The number of ether oxygens (including phenoxy) is 1. The van der Waals surface area contributed by atoms with E-state index in [1.165, 1.54) is 0 Å². The first-order valence-electron chi connectivity index (χ1n) is 9.49. The van der Waals surface area contributed by atoms with E-state index in [1.54, 1.807) is 0 Å². The molecule has 27 heavy (non-hydrogen) atoms. The highest BCUT2D eigenvalue weighted by Crippen LogP contribution is 2.42. The number of hydrogen-bond acceptors (Lipinski definition) is 4. The zero-order valence-corrected chi connectivity index (χ0v) is 16.6. The Morgan fingerprint density at radius 3 is 1.74 bits per heavy atom. The quantitative estimate of drug-likeness (QED) is 0.681. The van der Waals surface area contributed by atoms with E-state index in [9.17, 15) is 4.79 Å². The lowest BCUT2D eigenvalue weighted by atomic mass is 9.80. The molecular formula is C23H29NO3. The Balaban J connectivity index is 1.94. The molecule has 3 rings (SSSR count). The van der Waals surface area contributed by atoms with Crippen LogP contribution in [-0.4, -0.2) is 28.7 Å². The van der Waals surface area contributed by atoms with E-state index in [-0.39, 0.29) is 23.3 Å². The molecule has 0 bridgehead atoms. The van der Waals surface area contributed by atoms with Gasteiger partial charge in [0.25, 0.3) is 6.47 Å². The standard InChI is InChI=1S/C23H29NO3/c1-22(2)15-20(26-17-25)16-23(3,4)24(22)27-21(18-11-7-5-8-12-18)19-13-9-6-10-14-19/h5-14,17,20-21H,15-16H2,1-4H3. The van der Waals surface area contributed by atoms with Crippen molar-refractivity contribution < 1.29 is 14.4 Å². The molecule has 1 heterocycles. The molecule has 1 fully saturated rings. The lowest BCUT2D eigenvalue weighted by Gasteiger charge is -2.54. The van der Waals surface area contributed by atoms with Gasteiger partial charge >= 0.3 is 0 Å². The van der Waals surface area contributed by atoms with E-state index in [1.807, 2.05) is 36.4 Å². The third kappa shape index (κ3) is 4.40. The smallest absolute Gasteiger partial charge is 0.293 e. The Kier molecular flexibility index (Phi) is 5.68. The number of hydroxylamine groups is 2. The maximum absolute atomic E-state index is 10.9. The Morgan fingerprint density at radius 1 is 0.889 bits per heavy atom. The molecule has 1 saturated heterocycles. The molecule has 1 aliphatic heterocycles. The molecule has 0 N–H and O–H groups in total. The fourth-order valence-electron chi connectivity index (χ4n) is 4.31. The van der Waals surface area contributed by atoms with Gasteiger partial charge < -0.3 is 4.74 Å². The van der Waals surface area contributed by atoms with Crippen molar-refractivity contribution in [3.63, 3.8) is 0 Å². The predicted octanol–water partition coefficient (Wildman–Crippen LogP) is 4.90. The fraction of sp³-hybridized carbons (Fsp3) is 0.435. The summed E-state index contributed by atoms with van der Waals surface area (Å²) in [5.41, 5.74) is 1.66. The van der Waals surface area contributed by atoms with Crippen LogP contribution in [0.15, 0.2) is 60.7 Å². The lowest BCUT2D eigenvalue weighted by molar-refractivity contribution is -0.309. The van der Waals surface area contributed by atoms with Crippen LogP contribution in [0.25, 0.3) is 0 Å². The van der Waals surface area contributed by atoms with Gasteiger partial charge in [0.05, 0.1) is 0 Å². The van der Waals surface area contributed by atoms with Gasteiger partial charge in [0.15, 0.2) is 0 Å². The highest BCUT2D eigenvalue weighted by atomic mass is 16.7. The minimum atomic E-state index is -0.281. The van der Waals surface area contributed by atoms with E-state index in [0.29, 0.717) is 6.47 Å². The summed E-state index contributed by atoms with van der Waals surface area (Å²) >= 11 is 0. The summed E-state index contributed by atoms with van der Waals surface area (Å²) in [5.74, 6) is 0. The van der Waals surface area contributed by atoms with Gasteiger partial charge in [0.2, 0.25) is 0 Å². The molecular weight excluding hydrogens is 338 g/mol. The SMILES string of the molecule is CC1(C)CC(OC=O)CC(C)(C)N1OC(c1ccccc1)c1ccccc1. The second-order valence-corrected chi connectivity index (χ2v) is 8.49. The van der Waals surface area contributed by atoms with Crippen LogP contribution in [0.1, 0.15) is 57.8 Å². The molecule has 0 aromatic heterocycles. The van der Waals surface area contributed by atoms with Crippen LogP contribution < -0.4 is 0 Å². The monoisotopic (exact) mass is 367 g/mol. The van der Waals surface area contributed by atoms with Gasteiger partial charge in [-0.2, -0.15) is 5.06 Å². The summed E-state index contributed by atoms with van der Waals surface area (Å²) < 4.78 is 5.31. The van der Waals surface area contributed by atoms with Gasteiger partial charge in [-0.3, -0.25) is 9.63 Å². The topological polar surface area (TPSA) is 38.8 Å². The number of rotatable bonds is 6. The number of carbonyl (C=O) groups is 1. The van der Waals surface area contributed by atoms with Crippen molar-refractivity contribution in [3.05, 3.63) is 71.8 Å². The van der Waals surface area contributed by atoms with E-state index in [2.05, 4.69) is 57.0 Å². The maximum atomic E-state index is 10.9. The molecule has 2 aromatic rings. The van der Waals surface area contributed by atoms with Crippen LogP contribution in [0.3, 0.4) is 0 Å². The molecule has 0 unspecified atom stereocenters. The molecule has 4 nitrogen and oxygen atoms in total. The van der Waals surface area contributed by atoms with Crippen molar-refractivity contribution in [3.8, 4) is 0 Å². The average molecular weight is 367 g/mol. The van der Waals surface area contributed by atoms with Crippen molar-refractivity contribution >= 4 is 6.47 Å². The summed E-state index contributed by atoms with van der Waals surface area (Å²) in [6.07, 6.45) is 1.16.